The first-order valence-corrected chi connectivity index (χ1v) is 12.0. The number of pyridine rings is 1. The normalized spacial score (nSPS) is 15.7. The summed E-state index contributed by atoms with van der Waals surface area (Å²) in [4.78, 5) is 13.5. The number of fused-ring (bicyclic) bond motifs is 2. The monoisotopic (exact) mass is 454 g/mol. The first-order chi connectivity index (χ1) is 15.2. The third-order valence-corrected chi connectivity index (χ3v) is 7.23. The van der Waals surface area contributed by atoms with Crippen LogP contribution in [0.5, 0.6) is 5.75 Å². The first kappa shape index (κ1) is 21.9. The van der Waals surface area contributed by atoms with Crippen molar-refractivity contribution in [3.8, 4) is 5.75 Å². The molecule has 3 aromatic rings. The van der Waals surface area contributed by atoms with Gasteiger partial charge in [-0.2, -0.15) is 8.42 Å². The lowest BCUT2D eigenvalue weighted by Crippen LogP contribution is -2.38. The molecule has 0 saturated carbocycles. The molecule has 2 aromatic carbocycles. The van der Waals surface area contributed by atoms with Gasteiger partial charge in [-0.15, -0.1) is 4.40 Å². The number of rotatable bonds is 6. The molecule has 8 nitrogen and oxygen atoms in total. The highest BCUT2D eigenvalue weighted by molar-refractivity contribution is 7.90. The second kappa shape index (κ2) is 8.31. The number of benzene rings is 2. The molecular weight excluding hydrogens is 428 g/mol. The van der Waals surface area contributed by atoms with Gasteiger partial charge < -0.3 is 15.8 Å². The maximum Gasteiger partial charge on any atom is 0.286 e. The highest BCUT2D eigenvalue weighted by atomic mass is 32.2. The van der Waals surface area contributed by atoms with Gasteiger partial charge in [-0.05, 0) is 36.1 Å². The van der Waals surface area contributed by atoms with E-state index in [1.165, 1.54) is 10.7 Å². The molecule has 0 saturated heterocycles. The number of aromatic nitrogens is 1. The standard InChI is InChI=1S/C23H26N4O4S/c1-4-15(14(2)3)13-24-27-18-11-7-5-9-16(18)21(28)20(23(27)29)22-25-17-10-6-8-12-19(17)32(30,31)26-22/h5-12,14-15,24,28H,4,13H2,1-3H3,(H,25,26). The summed E-state index contributed by atoms with van der Waals surface area (Å²) in [5.41, 5.74) is 3.21. The van der Waals surface area contributed by atoms with Crippen LogP contribution in [0.3, 0.4) is 0 Å². The van der Waals surface area contributed by atoms with Gasteiger partial charge in [0.25, 0.3) is 15.6 Å². The molecular formula is C23H26N4O4S. The Bertz CT molecular complexity index is 1380. The van der Waals surface area contributed by atoms with Crippen LogP contribution >= 0.6 is 0 Å². The molecule has 168 valence electrons. The average Bonchev–Trinajstić information content (AvgIpc) is 2.75. The second-order valence-electron chi connectivity index (χ2n) is 8.19. The number of anilines is 1. The largest absolute Gasteiger partial charge is 0.506 e. The van der Waals surface area contributed by atoms with E-state index in [0.29, 0.717) is 35.0 Å². The minimum Gasteiger partial charge on any atom is -0.506 e. The number of aromatic hydroxyl groups is 1. The zero-order valence-corrected chi connectivity index (χ0v) is 19.0. The number of sulfonamides is 1. The summed E-state index contributed by atoms with van der Waals surface area (Å²) < 4.78 is 30.6. The van der Waals surface area contributed by atoms with Gasteiger partial charge in [0.15, 0.2) is 5.84 Å². The van der Waals surface area contributed by atoms with Crippen LogP contribution in [0.2, 0.25) is 0 Å². The smallest absolute Gasteiger partial charge is 0.286 e. The second-order valence-corrected chi connectivity index (χ2v) is 9.76. The first-order valence-electron chi connectivity index (χ1n) is 10.6. The zero-order chi connectivity index (χ0) is 23.0. The minimum absolute atomic E-state index is 0.0187. The summed E-state index contributed by atoms with van der Waals surface area (Å²) in [7, 11) is -4.03. The Kier molecular flexibility index (Phi) is 5.68. The Labute approximate surface area is 186 Å². The van der Waals surface area contributed by atoms with Crippen molar-refractivity contribution < 1.29 is 13.5 Å². The molecule has 4 rings (SSSR count). The average molecular weight is 455 g/mol. The van der Waals surface area contributed by atoms with E-state index in [2.05, 4.69) is 35.9 Å². The summed E-state index contributed by atoms with van der Waals surface area (Å²) in [5.74, 6) is 0.219. The lowest BCUT2D eigenvalue weighted by atomic mass is 9.93. The van der Waals surface area contributed by atoms with Crippen LogP contribution in [0.15, 0.2) is 62.6 Å². The van der Waals surface area contributed by atoms with E-state index in [-0.39, 0.29) is 22.0 Å². The molecule has 0 amide bonds. The third-order valence-electron chi connectivity index (χ3n) is 5.90. The summed E-state index contributed by atoms with van der Waals surface area (Å²) in [5, 5.41) is 14.3. The molecule has 0 fully saturated rings. The van der Waals surface area contributed by atoms with E-state index < -0.39 is 15.6 Å². The molecule has 1 unspecified atom stereocenters. The Morgan fingerprint density at radius 1 is 1.12 bits per heavy atom. The molecule has 32 heavy (non-hydrogen) atoms. The van der Waals surface area contributed by atoms with Gasteiger partial charge in [0.2, 0.25) is 0 Å². The molecule has 1 aliphatic rings. The summed E-state index contributed by atoms with van der Waals surface area (Å²) in [6.07, 6.45) is 0.936. The van der Waals surface area contributed by atoms with Crippen molar-refractivity contribution in [1.29, 1.82) is 0 Å². The van der Waals surface area contributed by atoms with Crippen LogP contribution in [0.4, 0.5) is 5.69 Å². The topological polar surface area (TPSA) is 113 Å². The molecule has 0 spiro atoms. The molecule has 2 heterocycles. The lowest BCUT2D eigenvalue weighted by molar-refractivity contribution is 0.382. The van der Waals surface area contributed by atoms with Crippen molar-refractivity contribution in [3.05, 3.63) is 64.4 Å². The fraction of sp³-hybridized carbons (Fsp3) is 0.304. The van der Waals surface area contributed by atoms with Crippen LogP contribution in [0.1, 0.15) is 32.8 Å². The fourth-order valence-corrected chi connectivity index (χ4v) is 5.10. The van der Waals surface area contributed by atoms with Gasteiger partial charge in [-0.3, -0.25) is 4.79 Å². The van der Waals surface area contributed by atoms with Gasteiger partial charge in [0.05, 0.1) is 11.2 Å². The molecule has 0 aliphatic carbocycles. The van der Waals surface area contributed by atoms with Crippen LogP contribution in [-0.2, 0) is 10.0 Å². The summed E-state index contributed by atoms with van der Waals surface area (Å²) in [6, 6.07) is 13.2. The number of hydrogen-bond acceptors (Lipinski definition) is 6. The molecule has 0 radical (unpaired) electrons. The van der Waals surface area contributed by atoms with E-state index in [1.54, 1.807) is 42.5 Å². The molecule has 3 N–H and O–H groups in total. The minimum atomic E-state index is -4.03. The Morgan fingerprint density at radius 2 is 1.81 bits per heavy atom. The summed E-state index contributed by atoms with van der Waals surface area (Å²) in [6.45, 7) is 6.89. The summed E-state index contributed by atoms with van der Waals surface area (Å²) >= 11 is 0. The Hall–Kier alpha value is -3.33. The van der Waals surface area contributed by atoms with Gasteiger partial charge >= 0.3 is 0 Å². The maximum atomic E-state index is 13.5. The zero-order valence-electron chi connectivity index (χ0n) is 18.2. The molecule has 1 aliphatic heterocycles. The van der Waals surface area contributed by atoms with Crippen molar-refractivity contribution >= 4 is 32.4 Å². The predicted molar refractivity (Wildman–Crippen MR) is 127 cm³/mol. The molecule has 1 aromatic heterocycles. The van der Waals surface area contributed by atoms with Crippen LogP contribution in [0.25, 0.3) is 10.9 Å². The van der Waals surface area contributed by atoms with Gasteiger partial charge in [-0.1, -0.05) is 51.5 Å². The molecule has 9 heteroatoms. The van der Waals surface area contributed by atoms with Gasteiger partial charge in [-0.25, -0.2) is 4.68 Å². The van der Waals surface area contributed by atoms with E-state index in [9.17, 15) is 18.3 Å². The molecule has 0 bridgehead atoms. The highest BCUT2D eigenvalue weighted by Crippen LogP contribution is 2.32. The van der Waals surface area contributed by atoms with Crippen molar-refractivity contribution in [3.63, 3.8) is 0 Å². The Morgan fingerprint density at radius 3 is 2.53 bits per heavy atom. The van der Waals surface area contributed by atoms with Crippen molar-refractivity contribution in [2.75, 3.05) is 17.3 Å². The van der Waals surface area contributed by atoms with Gasteiger partial charge in [0, 0.05) is 11.9 Å². The Balaban J connectivity index is 1.90. The third kappa shape index (κ3) is 3.73. The number of amidine groups is 1. The van der Waals surface area contributed by atoms with E-state index in [0.717, 1.165) is 6.42 Å². The van der Waals surface area contributed by atoms with Crippen LogP contribution in [-0.4, -0.2) is 30.6 Å². The maximum absolute atomic E-state index is 13.5. The van der Waals surface area contributed by atoms with E-state index in [1.807, 2.05) is 0 Å². The van der Waals surface area contributed by atoms with Crippen LogP contribution in [0, 0.1) is 11.8 Å². The van der Waals surface area contributed by atoms with Gasteiger partial charge in [0.1, 0.15) is 16.2 Å². The quantitative estimate of drug-likeness (QED) is 0.526. The lowest BCUT2D eigenvalue weighted by Gasteiger charge is -2.23. The SMILES string of the molecule is CCC(CNn1c(=O)c(C2=NS(=O)(=O)c3ccccc3N2)c(O)c2ccccc21)C(C)C. The number of nitrogens with zero attached hydrogens (tertiary/aromatic N) is 2. The molecule has 1 atom stereocenters. The van der Waals surface area contributed by atoms with E-state index >= 15 is 0 Å². The highest BCUT2D eigenvalue weighted by Gasteiger charge is 2.29. The van der Waals surface area contributed by atoms with Crippen molar-refractivity contribution in [1.82, 2.24) is 4.68 Å². The number of hydrogen-bond donors (Lipinski definition) is 3. The van der Waals surface area contributed by atoms with Crippen molar-refractivity contribution in [2.24, 2.45) is 16.2 Å². The number of nitrogens with one attached hydrogen (secondary N) is 2. The van der Waals surface area contributed by atoms with Crippen molar-refractivity contribution in [2.45, 2.75) is 32.1 Å². The van der Waals surface area contributed by atoms with E-state index in [4.69, 9.17) is 0 Å². The number of para-hydroxylation sites is 2. The predicted octanol–water partition coefficient (Wildman–Crippen LogP) is 3.49. The van der Waals surface area contributed by atoms with Crippen LogP contribution < -0.4 is 16.3 Å². The fourth-order valence-electron chi connectivity index (χ4n) is 3.98.